The minimum Gasteiger partial charge on any atom is -0.310 e. The molecular formula is C12H18N4O3. The minimum atomic E-state index is -0.730. The lowest BCUT2D eigenvalue weighted by atomic mass is 10.1. The summed E-state index contributed by atoms with van der Waals surface area (Å²) in [4.78, 5) is 22.1. The Hall–Kier alpha value is -1.92. The molecule has 1 aromatic heterocycles. The number of anilines is 1. The third kappa shape index (κ3) is 2.74. The van der Waals surface area contributed by atoms with Crippen LogP contribution in [0.2, 0.25) is 0 Å². The van der Waals surface area contributed by atoms with Crippen LogP contribution < -0.4 is 5.32 Å². The van der Waals surface area contributed by atoms with Gasteiger partial charge in [-0.05, 0) is 27.7 Å². The first-order valence-electron chi connectivity index (χ1n) is 6.21. The van der Waals surface area contributed by atoms with Crippen LogP contribution >= 0.6 is 0 Å². The summed E-state index contributed by atoms with van der Waals surface area (Å²) in [5.41, 5.74) is 0.537. The summed E-state index contributed by atoms with van der Waals surface area (Å²) in [6, 6.07) is 1.04. The maximum absolute atomic E-state index is 11.9. The van der Waals surface area contributed by atoms with Gasteiger partial charge in [0.25, 0.3) is 0 Å². The third-order valence-electron chi connectivity index (χ3n) is 3.08. The number of hydrogen-bond donors (Lipinski definition) is 1. The molecule has 0 radical (unpaired) electrons. The number of aryl methyl sites for hydroxylation is 1. The van der Waals surface area contributed by atoms with Crippen molar-refractivity contribution in [2.45, 2.75) is 45.7 Å². The molecule has 2 rings (SSSR count). The van der Waals surface area contributed by atoms with Crippen LogP contribution in [0.15, 0.2) is 6.07 Å². The topological polar surface area (TPSA) is 90.1 Å². The van der Waals surface area contributed by atoms with Crippen molar-refractivity contribution < 1.29 is 9.72 Å². The number of carbonyl (C=O) groups is 1. The summed E-state index contributed by atoms with van der Waals surface area (Å²) in [6.45, 7) is 7.78. The lowest BCUT2D eigenvalue weighted by Gasteiger charge is -2.22. The molecule has 1 aromatic rings. The fourth-order valence-electron chi connectivity index (χ4n) is 2.02. The van der Waals surface area contributed by atoms with Gasteiger partial charge < -0.3 is 5.32 Å². The molecular weight excluding hydrogens is 248 g/mol. The fraction of sp³-hybridized carbons (Fsp3) is 0.667. The van der Waals surface area contributed by atoms with Crippen LogP contribution in [0.1, 0.15) is 32.9 Å². The van der Waals surface area contributed by atoms with Gasteiger partial charge in [-0.15, -0.1) is 0 Å². The van der Waals surface area contributed by atoms with Crippen molar-refractivity contribution in [3.63, 3.8) is 0 Å². The number of amides is 1. The SMILES string of the molecule is Cc1cc(NC(=O)[C@H]2C[C@@H]2[N+](=O)[O-])n(C(C)(C)C)n1. The summed E-state index contributed by atoms with van der Waals surface area (Å²) in [5.74, 6) is -0.227. The van der Waals surface area contributed by atoms with Crippen LogP contribution in [-0.4, -0.2) is 26.7 Å². The molecule has 0 aliphatic heterocycles. The molecule has 7 heteroatoms. The van der Waals surface area contributed by atoms with Gasteiger partial charge in [-0.3, -0.25) is 14.9 Å². The Morgan fingerprint density at radius 2 is 2.21 bits per heavy atom. The highest BCUT2D eigenvalue weighted by atomic mass is 16.6. The number of nitro groups is 1. The predicted octanol–water partition coefficient (Wildman–Crippen LogP) is 1.55. The number of rotatable bonds is 3. The highest BCUT2D eigenvalue weighted by Gasteiger charge is 2.53. The summed E-state index contributed by atoms with van der Waals surface area (Å²) in [7, 11) is 0. The van der Waals surface area contributed by atoms with Crippen LogP contribution in [0.4, 0.5) is 5.82 Å². The maximum Gasteiger partial charge on any atom is 0.235 e. The zero-order valence-electron chi connectivity index (χ0n) is 11.5. The Labute approximate surface area is 111 Å². The zero-order valence-corrected chi connectivity index (χ0v) is 11.5. The fourth-order valence-corrected chi connectivity index (χ4v) is 2.02. The van der Waals surface area contributed by atoms with Crippen LogP contribution in [0.3, 0.4) is 0 Å². The number of nitrogens with one attached hydrogen (secondary N) is 1. The van der Waals surface area contributed by atoms with E-state index in [4.69, 9.17) is 0 Å². The van der Waals surface area contributed by atoms with E-state index in [1.807, 2.05) is 27.7 Å². The minimum absolute atomic E-state index is 0.261. The Balaban J connectivity index is 2.12. The normalized spacial score (nSPS) is 22.1. The van der Waals surface area contributed by atoms with Gasteiger partial charge in [0.05, 0.1) is 11.2 Å². The molecule has 1 aliphatic carbocycles. The molecule has 1 amide bonds. The molecule has 7 nitrogen and oxygen atoms in total. The first-order chi connectivity index (χ1) is 8.70. The Morgan fingerprint density at radius 3 is 2.68 bits per heavy atom. The van der Waals surface area contributed by atoms with Gasteiger partial charge in [-0.2, -0.15) is 5.10 Å². The molecule has 19 heavy (non-hydrogen) atoms. The van der Waals surface area contributed by atoms with Crippen molar-refractivity contribution in [1.82, 2.24) is 9.78 Å². The molecule has 0 aromatic carbocycles. The monoisotopic (exact) mass is 266 g/mol. The molecule has 0 saturated heterocycles. The second-order valence-electron chi connectivity index (χ2n) is 5.94. The van der Waals surface area contributed by atoms with Gasteiger partial charge in [-0.1, -0.05) is 0 Å². The van der Waals surface area contributed by atoms with Crippen molar-refractivity contribution in [3.05, 3.63) is 21.9 Å². The van der Waals surface area contributed by atoms with Gasteiger partial charge in [0.15, 0.2) is 0 Å². The van der Waals surface area contributed by atoms with Crippen LogP contribution in [0, 0.1) is 23.0 Å². The van der Waals surface area contributed by atoms with Crippen molar-refractivity contribution in [1.29, 1.82) is 0 Å². The standard InChI is InChI=1S/C12H18N4O3/c1-7-5-10(15(14-7)12(2,3)4)13-11(17)8-6-9(8)16(18)19/h5,8-9H,6H2,1-4H3,(H,13,17)/t8-,9-/m0/s1. The van der Waals surface area contributed by atoms with Gasteiger partial charge in [0.1, 0.15) is 11.7 Å². The second-order valence-corrected chi connectivity index (χ2v) is 5.94. The highest BCUT2D eigenvalue weighted by molar-refractivity contribution is 5.94. The molecule has 0 unspecified atom stereocenters. The highest BCUT2D eigenvalue weighted by Crippen LogP contribution is 2.34. The van der Waals surface area contributed by atoms with E-state index in [-0.39, 0.29) is 11.4 Å². The Kier molecular flexibility index (Phi) is 3.07. The maximum atomic E-state index is 11.9. The average molecular weight is 266 g/mol. The first kappa shape index (κ1) is 13.5. The third-order valence-corrected chi connectivity index (χ3v) is 3.08. The van der Waals surface area contributed by atoms with E-state index in [9.17, 15) is 14.9 Å². The Morgan fingerprint density at radius 1 is 1.58 bits per heavy atom. The number of hydrogen-bond acceptors (Lipinski definition) is 4. The van der Waals surface area contributed by atoms with Gasteiger partial charge in [-0.25, -0.2) is 4.68 Å². The lowest BCUT2D eigenvalue weighted by molar-refractivity contribution is -0.497. The molecule has 1 heterocycles. The Bertz CT molecular complexity index is 530. The van der Waals surface area contributed by atoms with Crippen molar-refractivity contribution in [3.8, 4) is 0 Å². The van der Waals surface area contributed by atoms with E-state index in [0.29, 0.717) is 12.2 Å². The van der Waals surface area contributed by atoms with Crippen LogP contribution in [0.25, 0.3) is 0 Å². The number of carbonyl (C=O) groups excluding carboxylic acids is 1. The van der Waals surface area contributed by atoms with E-state index < -0.39 is 16.9 Å². The van der Waals surface area contributed by atoms with Crippen molar-refractivity contribution in [2.75, 3.05) is 5.32 Å². The lowest BCUT2D eigenvalue weighted by Crippen LogP contribution is -2.27. The molecule has 1 saturated carbocycles. The van der Waals surface area contributed by atoms with E-state index in [2.05, 4.69) is 10.4 Å². The number of aromatic nitrogens is 2. The van der Waals surface area contributed by atoms with Gasteiger partial charge >= 0.3 is 0 Å². The molecule has 0 spiro atoms. The second kappa shape index (κ2) is 4.32. The largest absolute Gasteiger partial charge is 0.310 e. The van der Waals surface area contributed by atoms with Crippen LogP contribution in [-0.2, 0) is 10.3 Å². The smallest absolute Gasteiger partial charge is 0.235 e. The molecule has 104 valence electrons. The quantitative estimate of drug-likeness (QED) is 0.663. The van der Waals surface area contributed by atoms with E-state index in [1.54, 1.807) is 10.7 Å². The molecule has 1 fully saturated rings. The van der Waals surface area contributed by atoms with E-state index in [0.717, 1.165) is 5.69 Å². The van der Waals surface area contributed by atoms with Crippen LogP contribution in [0.5, 0.6) is 0 Å². The van der Waals surface area contributed by atoms with Crippen molar-refractivity contribution in [2.24, 2.45) is 5.92 Å². The summed E-state index contributed by atoms with van der Waals surface area (Å²) in [5, 5.41) is 17.6. The number of nitrogens with zero attached hydrogens (tertiary/aromatic N) is 3. The molecule has 2 atom stereocenters. The van der Waals surface area contributed by atoms with E-state index in [1.165, 1.54) is 0 Å². The summed E-state index contributed by atoms with van der Waals surface area (Å²) in [6.07, 6.45) is 0.321. The summed E-state index contributed by atoms with van der Waals surface area (Å²) < 4.78 is 1.73. The van der Waals surface area contributed by atoms with E-state index >= 15 is 0 Å². The predicted molar refractivity (Wildman–Crippen MR) is 69.5 cm³/mol. The van der Waals surface area contributed by atoms with Crippen molar-refractivity contribution >= 4 is 11.7 Å². The summed E-state index contributed by atoms with van der Waals surface area (Å²) >= 11 is 0. The van der Waals surface area contributed by atoms with Gasteiger partial charge in [0, 0.05) is 17.4 Å². The zero-order chi connectivity index (χ0) is 14.4. The van der Waals surface area contributed by atoms with Gasteiger partial charge in [0.2, 0.25) is 11.9 Å². The molecule has 1 N–H and O–H groups in total. The first-order valence-corrected chi connectivity index (χ1v) is 6.21. The molecule has 0 bridgehead atoms. The molecule has 1 aliphatic rings. The average Bonchev–Trinajstić information content (AvgIpc) is 2.96.